The Labute approximate surface area is 106 Å². The predicted octanol–water partition coefficient (Wildman–Crippen LogP) is 4.34. The van der Waals surface area contributed by atoms with Crippen molar-refractivity contribution >= 4 is 10.9 Å². The van der Waals surface area contributed by atoms with Crippen molar-refractivity contribution in [1.29, 1.82) is 0 Å². The largest absolute Gasteiger partial charge is 0.455 e. The zero-order valence-electron chi connectivity index (χ0n) is 10.1. The molecule has 3 rings (SSSR count). The molecule has 0 saturated carbocycles. The number of benzene rings is 2. The summed E-state index contributed by atoms with van der Waals surface area (Å²) in [5, 5.41) is 1.09. The number of ether oxygens (including phenoxy) is 1. The van der Waals surface area contributed by atoms with Gasteiger partial charge in [-0.05, 0) is 31.2 Å². The van der Waals surface area contributed by atoms with Crippen LogP contribution in [0.1, 0.15) is 5.69 Å². The van der Waals surface area contributed by atoms with Gasteiger partial charge in [-0.15, -0.1) is 0 Å². The fourth-order valence-corrected chi connectivity index (χ4v) is 1.91. The van der Waals surface area contributed by atoms with Gasteiger partial charge < -0.3 is 4.74 Å². The van der Waals surface area contributed by atoms with Crippen molar-refractivity contribution in [3.8, 4) is 11.5 Å². The second kappa shape index (κ2) is 4.49. The molecule has 0 amide bonds. The molecule has 0 bridgehead atoms. The van der Waals surface area contributed by atoms with Gasteiger partial charge in [-0.3, -0.25) is 0 Å². The number of hydrogen-bond acceptors (Lipinski definition) is 2. The van der Waals surface area contributed by atoms with Crippen LogP contribution in [0.25, 0.3) is 10.9 Å². The Morgan fingerprint density at radius 1 is 0.889 bits per heavy atom. The topological polar surface area (TPSA) is 22.1 Å². The maximum Gasteiger partial charge on any atom is 0.149 e. The van der Waals surface area contributed by atoms with Gasteiger partial charge in [0.1, 0.15) is 11.5 Å². The Balaban J connectivity index is 2.04. The van der Waals surface area contributed by atoms with Crippen molar-refractivity contribution in [2.75, 3.05) is 0 Å². The van der Waals surface area contributed by atoms with Gasteiger partial charge in [0, 0.05) is 5.39 Å². The number of fused-ring (bicyclic) bond motifs is 1. The van der Waals surface area contributed by atoms with Crippen molar-refractivity contribution < 1.29 is 4.74 Å². The van der Waals surface area contributed by atoms with Crippen molar-refractivity contribution in [2.45, 2.75) is 6.92 Å². The normalized spacial score (nSPS) is 10.5. The van der Waals surface area contributed by atoms with Crippen LogP contribution < -0.4 is 4.74 Å². The third kappa shape index (κ3) is 2.05. The highest BCUT2D eigenvalue weighted by molar-refractivity contribution is 5.80. The van der Waals surface area contributed by atoms with Crippen LogP contribution >= 0.6 is 0 Å². The molecular weight excluding hydrogens is 222 g/mol. The molecule has 0 spiro atoms. The Bertz CT molecular complexity index is 677. The number of nitrogens with zero attached hydrogens (tertiary/aromatic N) is 1. The van der Waals surface area contributed by atoms with E-state index in [4.69, 9.17) is 4.74 Å². The number of para-hydroxylation sites is 2. The first-order valence-electron chi connectivity index (χ1n) is 5.92. The van der Waals surface area contributed by atoms with Gasteiger partial charge in [-0.2, -0.15) is 0 Å². The third-order valence-electron chi connectivity index (χ3n) is 2.84. The van der Waals surface area contributed by atoms with Crippen LogP contribution in [0.3, 0.4) is 0 Å². The Hall–Kier alpha value is -2.35. The van der Waals surface area contributed by atoms with E-state index in [1.54, 1.807) is 0 Å². The summed E-state index contributed by atoms with van der Waals surface area (Å²) in [4.78, 5) is 4.55. The first kappa shape index (κ1) is 10.8. The number of pyridine rings is 1. The molecule has 18 heavy (non-hydrogen) atoms. The van der Waals surface area contributed by atoms with Gasteiger partial charge >= 0.3 is 0 Å². The van der Waals surface area contributed by atoms with E-state index in [1.165, 1.54) is 0 Å². The molecule has 0 aliphatic carbocycles. The summed E-state index contributed by atoms with van der Waals surface area (Å²) in [6.07, 6.45) is 0. The maximum atomic E-state index is 5.85. The number of rotatable bonds is 2. The van der Waals surface area contributed by atoms with E-state index in [2.05, 4.69) is 4.98 Å². The summed E-state index contributed by atoms with van der Waals surface area (Å²) < 4.78 is 5.85. The molecule has 2 heteroatoms. The molecule has 3 aromatic rings. The Kier molecular flexibility index (Phi) is 2.69. The standard InChI is InChI=1S/C16H13NO/c1-12-16(18-14-8-3-2-4-9-14)11-13-7-5-6-10-15(13)17-12/h2-11H,1H3. The van der Waals surface area contributed by atoms with Gasteiger partial charge in [-0.25, -0.2) is 4.98 Å². The van der Waals surface area contributed by atoms with Crippen LogP contribution in [-0.4, -0.2) is 4.98 Å². The lowest BCUT2D eigenvalue weighted by Gasteiger charge is -2.09. The Morgan fingerprint density at radius 3 is 2.44 bits per heavy atom. The maximum absolute atomic E-state index is 5.85. The van der Waals surface area contributed by atoms with Crippen LogP contribution in [-0.2, 0) is 0 Å². The second-order valence-electron chi connectivity index (χ2n) is 4.18. The minimum absolute atomic E-state index is 0.805. The summed E-state index contributed by atoms with van der Waals surface area (Å²) in [6, 6.07) is 19.8. The molecule has 1 aromatic heterocycles. The van der Waals surface area contributed by atoms with Gasteiger partial charge in [0.2, 0.25) is 0 Å². The van der Waals surface area contributed by atoms with E-state index in [0.29, 0.717) is 0 Å². The number of aryl methyl sites for hydroxylation is 1. The molecule has 0 aliphatic rings. The minimum atomic E-state index is 0.805. The summed E-state index contributed by atoms with van der Waals surface area (Å²) >= 11 is 0. The van der Waals surface area contributed by atoms with E-state index in [9.17, 15) is 0 Å². The van der Waals surface area contributed by atoms with Gasteiger partial charge in [0.25, 0.3) is 0 Å². The lowest BCUT2D eigenvalue weighted by atomic mass is 10.2. The average Bonchev–Trinajstić information content (AvgIpc) is 2.41. The highest BCUT2D eigenvalue weighted by Crippen LogP contribution is 2.27. The Morgan fingerprint density at radius 2 is 1.61 bits per heavy atom. The zero-order chi connectivity index (χ0) is 12.4. The lowest BCUT2D eigenvalue weighted by molar-refractivity contribution is 0.477. The smallest absolute Gasteiger partial charge is 0.149 e. The summed E-state index contributed by atoms with van der Waals surface area (Å²) in [7, 11) is 0. The molecule has 0 fully saturated rings. The third-order valence-corrected chi connectivity index (χ3v) is 2.84. The fourth-order valence-electron chi connectivity index (χ4n) is 1.91. The van der Waals surface area contributed by atoms with E-state index >= 15 is 0 Å². The molecule has 0 aliphatic heterocycles. The average molecular weight is 235 g/mol. The monoisotopic (exact) mass is 235 g/mol. The zero-order valence-corrected chi connectivity index (χ0v) is 10.1. The van der Waals surface area contributed by atoms with Gasteiger partial charge in [-0.1, -0.05) is 36.4 Å². The summed E-state index contributed by atoms with van der Waals surface area (Å²) in [6.45, 7) is 1.96. The molecule has 2 nitrogen and oxygen atoms in total. The molecular formula is C16H13NO. The van der Waals surface area contributed by atoms with E-state index in [-0.39, 0.29) is 0 Å². The SMILES string of the molecule is Cc1nc2ccccc2cc1Oc1ccccc1. The van der Waals surface area contributed by atoms with Crippen molar-refractivity contribution in [2.24, 2.45) is 0 Å². The number of aromatic nitrogens is 1. The minimum Gasteiger partial charge on any atom is -0.455 e. The van der Waals surface area contributed by atoms with Crippen molar-refractivity contribution in [3.05, 3.63) is 66.4 Å². The van der Waals surface area contributed by atoms with Crippen LogP contribution in [0.4, 0.5) is 0 Å². The molecule has 2 aromatic carbocycles. The predicted molar refractivity (Wildman–Crippen MR) is 73.0 cm³/mol. The highest BCUT2D eigenvalue weighted by atomic mass is 16.5. The van der Waals surface area contributed by atoms with Crippen LogP contribution in [0.2, 0.25) is 0 Å². The summed E-state index contributed by atoms with van der Waals surface area (Å²) in [5.41, 5.74) is 1.90. The highest BCUT2D eigenvalue weighted by Gasteiger charge is 2.04. The molecule has 0 radical (unpaired) electrons. The van der Waals surface area contributed by atoms with Crippen LogP contribution in [0, 0.1) is 6.92 Å². The molecule has 0 unspecified atom stereocenters. The number of hydrogen-bond donors (Lipinski definition) is 0. The van der Waals surface area contributed by atoms with Crippen LogP contribution in [0.15, 0.2) is 60.7 Å². The summed E-state index contributed by atoms with van der Waals surface area (Å²) in [5.74, 6) is 1.64. The molecule has 0 saturated heterocycles. The second-order valence-corrected chi connectivity index (χ2v) is 4.18. The van der Waals surface area contributed by atoms with E-state index in [1.807, 2.05) is 67.6 Å². The van der Waals surface area contributed by atoms with E-state index < -0.39 is 0 Å². The molecule has 88 valence electrons. The first-order valence-corrected chi connectivity index (χ1v) is 5.92. The molecule has 0 N–H and O–H groups in total. The van der Waals surface area contributed by atoms with Crippen molar-refractivity contribution in [3.63, 3.8) is 0 Å². The quantitative estimate of drug-likeness (QED) is 0.659. The lowest BCUT2D eigenvalue weighted by Crippen LogP contribution is -1.91. The van der Waals surface area contributed by atoms with E-state index in [0.717, 1.165) is 28.1 Å². The first-order chi connectivity index (χ1) is 8.83. The van der Waals surface area contributed by atoms with Crippen LogP contribution in [0.5, 0.6) is 11.5 Å². The fraction of sp³-hybridized carbons (Fsp3) is 0.0625. The van der Waals surface area contributed by atoms with Crippen molar-refractivity contribution in [1.82, 2.24) is 4.98 Å². The van der Waals surface area contributed by atoms with Gasteiger partial charge in [0.05, 0.1) is 11.2 Å². The van der Waals surface area contributed by atoms with Gasteiger partial charge in [0.15, 0.2) is 0 Å². The molecule has 1 heterocycles. The molecule has 0 atom stereocenters.